The van der Waals surface area contributed by atoms with Gasteiger partial charge in [0.2, 0.25) is 5.91 Å². The van der Waals surface area contributed by atoms with Gasteiger partial charge in [-0.1, -0.05) is 13.0 Å². The lowest BCUT2D eigenvalue weighted by atomic mass is 9.99. The number of likely N-dealkylation sites (tertiary alicyclic amines) is 1. The molecule has 3 rings (SSSR count). The molecule has 0 saturated carbocycles. The number of carbonyl (C=O) groups excluding carboxylic acids is 3. The maximum absolute atomic E-state index is 12.4. The van der Waals surface area contributed by atoms with Crippen molar-refractivity contribution in [1.29, 1.82) is 0 Å². The molecule has 3 amide bonds. The first-order valence-electron chi connectivity index (χ1n) is 7.61. The molecule has 122 valence electrons. The highest BCUT2D eigenvalue weighted by molar-refractivity contribution is 8.18. The fourth-order valence-electron chi connectivity index (χ4n) is 2.63. The molecule has 0 N–H and O–H groups in total. The molecule has 2 saturated heterocycles. The zero-order valence-corrected chi connectivity index (χ0v) is 14.5. The first kappa shape index (κ1) is 16.3. The van der Waals surface area contributed by atoms with Crippen LogP contribution in [0.5, 0.6) is 0 Å². The molecule has 0 bridgehead atoms. The summed E-state index contributed by atoms with van der Waals surface area (Å²) >= 11 is 2.41. The zero-order valence-electron chi connectivity index (χ0n) is 12.9. The minimum Gasteiger partial charge on any atom is -0.341 e. The van der Waals surface area contributed by atoms with E-state index >= 15 is 0 Å². The lowest BCUT2D eigenvalue weighted by Gasteiger charge is -2.31. The van der Waals surface area contributed by atoms with Gasteiger partial charge in [0.15, 0.2) is 0 Å². The van der Waals surface area contributed by atoms with Crippen LogP contribution < -0.4 is 0 Å². The Kier molecular flexibility index (Phi) is 4.87. The van der Waals surface area contributed by atoms with E-state index in [0.29, 0.717) is 23.9 Å². The molecule has 2 aliphatic rings. The quantitative estimate of drug-likeness (QED) is 0.786. The van der Waals surface area contributed by atoms with Gasteiger partial charge in [-0.3, -0.25) is 19.3 Å². The van der Waals surface area contributed by atoms with Gasteiger partial charge in [0, 0.05) is 18.0 Å². The summed E-state index contributed by atoms with van der Waals surface area (Å²) in [4.78, 5) is 40.9. The van der Waals surface area contributed by atoms with Crippen LogP contribution in [-0.4, -0.2) is 46.5 Å². The summed E-state index contributed by atoms with van der Waals surface area (Å²) in [5, 5.41) is 1.55. The van der Waals surface area contributed by atoms with Crippen LogP contribution in [0.25, 0.3) is 6.08 Å². The highest BCUT2D eigenvalue weighted by atomic mass is 32.2. The predicted octanol–water partition coefficient (Wildman–Crippen LogP) is 3.04. The lowest BCUT2D eigenvalue weighted by Crippen LogP contribution is -2.45. The van der Waals surface area contributed by atoms with E-state index in [1.807, 2.05) is 17.5 Å². The molecule has 2 aliphatic heterocycles. The molecule has 0 radical (unpaired) electrons. The third kappa shape index (κ3) is 3.67. The Labute approximate surface area is 143 Å². The molecule has 2 fully saturated rings. The molecule has 0 aliphatic carbocycles. The molecule has 0 spiro atoms. The number of amides is 3. The summed E-state index contributed by atoms with van der Waals surface area (Å²) in [6, 6.07) is 3.78. The zero-order chi connectivity index (χ0) is 16.4. The first-order valence-corrected chi connectivity index (χ1v) is 9.31. The highest BCUT2D eigenvalue weighted by Crippen LogP contribution is 2.33. The fourth-order valence-corrected chi connectivity index (χ4v) is 4.19. The number of piperidine rings is 1. The van der Waals surface area contributed by atoms with E-state index in [1.165, 1.54) is 11.3 Å². The van der Waals surface area contributed by atoms with Crippen LogP contribution in [0.15, 0.2) is 22.4 Å². The van der Waals surface area contributed by atoms with Gasteiger partial charge in [0.05, 0.1) is 4.91 Å². The van der Waals surface area contributed by atoms with Crippen molar-refractivity contribution in [1.82, 2.24) is 9.80 Å². The molecule has 1 aromatic rings. The first-order chi connectivity index (χ1) is 11.0. The lowest BCUT2D eigenvalue weighted by molar-refractivity contribution is -0.136. The van der Waals surface area contributed by atoms with Crippen molar-refractivity contribution in [3.63, 3.8) is 0 Å². The minimum absolute atomic E-state index is 0.142. The Morgan fingerprint density at radius 2 is 2.09 bits per heavy atom. The van der Waals surface area contributed by atoms with E-state index < -0.39 is 0 Å². The van der Waals surface area contributed by atoms with Crippen molar-refractivity contribution >= 4 is 46.2 Å². The smallest absolute Gasteiger partial charge is 0.294 e. The molecule has 0 unspecified atom stereocenters. The van der Waals surface area contributed by atoms with E-state index in [9.17, 15) is 14.4 Å². The van der Waals surface area contributed by atoms with E-state index in [4.69, 9.17) is 0 Å². The fraction of sp³-hybridized carbons (Fsp3) is 0.438. The number of hydrogen-bond acceptors (Lipinski definition) is 5. The second-order valence-corrected chi connectivity index (χ2v) is 7.82. The summed E-state index contributed by atoms with van der Waals surface area (Å²) in [6.07, 6.45) is 3.67. The van der Waals surface area contributed by atoms with Crippen LogP contribution in [-0.2, 0) is 9.59 Å². The third-order valence-corrected chi connectivity index (χ3v) is 5.85. The van der Waals surface area contributed by atoms with Crippen molar-refractivity contribution in [3.8, 4) is 0 Å². The maximum Gasteiger partial charge on any atom is 0.294 e. The number of rotatable bonds is 3. The molecule has 5 nitrogen and oxygen atoms in total. The van der Waals surface area contributed by atoms with Crippen molar-refractivity contribution in [2.75, 3.05) is 19.6 Å². The molecule has 23 heavy (non-hydrogen) atoms. The maximum atomic E-state index is 12.4. The SMILES string of the molecule is CC1CCN(C(=O)CN2C(=O)S/C(=C/c3cccs3)C2=O)CC1. The number of thiophene rings is 1. The molecule has 1 aromatic heterocycles. The largest absolute Gasteiger partial charge is 0.341 e. The Bertz CT molecular complexity index is 646. The van der Waals surface area contributed by atoms with Crippen molar-refractivity contribution in [3.05, 3.63) is 27.3 Å². The summed E-state index contributed by atoms with van der Waals surface area (Å²) < 4.78 is 0. The van der Waals surface area contributed by atoms with Gasteiger partial charge < -0.3 is 4.90 Å². The Hall–Kier alpha value is -1.60. The van der Waals surface area contributed by atoms with E-state index in [1.54, 1.807) is 11.0 Å². The second kappa shape index (κ2) is 6.88. The van der Waals surface area contributed by atoms with Crippen molar-refractivity contribution < 1.29 is 14.4 Å². The van der Waals surface area contributed by atoms with Crippen LogP contribution in [0.4, 0.5) is 4.79 Å². The number of hydrogen-bond donors (Lipinski definition) is 0. The minimum atomic E-state index is -0.368. The summed E-state index contributed by atoms with van der Waals surface area (Å²) in [5.41, 5.74) is 0. The molecular formula is C16H18N2O3S2. The summed E-state index contributed by atoms with van der Waals surface area (Å²) in [5.74, 6) is 0.119. The Balaban J connectivity index is 1.65. The van der Waals surface area contributed by atoms with Gasteiger partial charge in [-0.25, -0.2) is 0 Å². The van der Waals surface area contributed by atoms with Crippen LogP contribution in [0.3, 0.4) is 0 Å². The summed E-state index contributed by atoms with van der Waals surface area (Å²) in [6.45, 7) is 3.44. The Morgan fingerprint density at radius 3 is 2.74 bits per heavy atom. The molecule has 3 heterocycles. The van der Waals surface area contributed by atoms with Crippen LogP contribution >= 0.6 is 23.1 Å². The van der Waals surface area contributed by atoms with Crippen LogP contribution in [0.1, 0.15) is 24.6 Å². The molecule has 7 heteroatoms. The van der Waals surface area contributed by atoms with Gasteiger partial charge >= 0.3 is 0 Å². The van der Waals surface area contributed by atoms with Gasteiger partial charge in [0.1, 0.15) is 6.54 Å². The van der Waals surface area contributed by atoms with E-state index in [0.717, 1.165) is 34.4 Å². The van der Waals surface area contributed by atoms with Gasteiger partial charge in [0.25, 0.3) is 11.1 Å². The molecule has 0 atom stereocenters. The number of thioether (sulfide) groups is 1. The number of carbonyl (C=O) groups is 3. The topological polar surface area (TPSA) is 57.7 Å². The number of imide groups is 1. The molecule has 0 aromatic carbocycles. The average Bonchev–Trinajstić information content (AvgIpc) is 3.12. The monoisotopic (exact) mass is 350 g/mol. The van der Waals surface area contributed by atoms with E-state index in [-0.39, 0.29) is 23.6 Å². The second-order valence-electron chi connectivity index (χ2n) is 5.85. The summed E-state index contributed by atoms with van der Waals surface area (Å²) in [7, 11) is 0. The number of nitrogens with zero attached hydrogens (tertiary/aromatic N) is 2. The standard InChI is InChI=1S/C16H18N2O3S2/c1-11-4-6-17(7-5-11)14(19)10-18-15(20)13(23-16(18)21)9-12-3-2-8-22-12/h2-3,8-9,11H,4-7,10H2,1H3/b13-9+. The third-order valence-electron chi connectivity index (χ3n) is 4.12. The van der Waals surface area contributed by atoms with Crippen LogP contribution in [0.2, 0.25) is 0 Å². The highest BCUT2D eigenvalue weighted by Gasteiger charge is 2.37. The average molecular weight is 350 g/mol. The van der Waals surface area contributed by atoms with Gasteiger partial charge in [-0.05, 0) is 48.0 Å². The predicted molar refractivity (Wildman–Crippen MR) is 92.0 cm³/mol. The van der Waals surface area contributed by atoms with Gasteiger partial charge in [-0.2, -0.15) is 0 Å². The van der Waals surface area contributed by atoms with E-state index in [2.05, 4.69) is 6.92 Å². The Morgan fingerprint density at radius 1 is 1.35 bits per heavy atom. The van der Waals surface area contributed by atoms with Gasteiger partial charge in [-0.15, -0.1) is 11.3 Å². The normalized spacial score (nSPS) is 21.5. The molecular weight excluding hydrogens is 332 g/mol. The van der Waals surface area contributed by atoms with Crippen molar-refractivity contribution in [2.45, 2.75) is 19.8 Å². The van der Waals surface area contributed by atoms with Crippen molar-refractivity contribution in [2.24, 2.45) is 5.92 Å². The van der Waals surface area contributed by atoms with Crippen LogP contribution in [0, 0.1) is 5.92 Å².